The van der Waals surface area contributed by atoms with Crippen LogP contribution in [0.1, 0.15) is 30.8 Å². The van der Waals surface area contributed by atoms with Crippen LogP contribution in [0, 0.1) is 16.0 Å². The first-order valence-electron chi connectivity index (χ1n) is 6.76. The van der Waals surface area contributed by atoms with E-state index in [0.717, 1.165) is 13.0 Å². The smallest absolute Gasteiger partial charge is 0.287 e. The highest BCUT2D eigenvalue weighted by molar-refractivity contribution is 5.93. The summed E-state index contributed by atoms with van der Waals surface area (Å²) in [7, 11) is 1.86. The van der Waals surface area contributed by atoms with E-state index in [4.69, 9.17) is 0 Å². The Kier molecular flexibility index (Phi) is 6.17. The highest BCUT2D eigenvalue weighted by atomic mass is 16.6. The van der Waals surface area contributed by atoms with Crippen molar-refractivity contribution in [2.24, 2.45) is 5.92 Å². The molecule has 1 amide bonds. The molecule has 7 nitrogen and oxygen atoms in total. The molecule has 0 aliphatic rings. The van der Waals surface area contributed by atoms with Crippen LogP contribution in [0.3, 0.4) is 0 Å². The van der Waals surface area contributed by atoms with Gasteiger partial charge >= 0.3 is 0 Å². The molecule has 1 unspecified atom stereocenters. The second kappa shape index (κ2) is 7.64. The zero-order chi connectivity index (χ0) is 15.1. The van der Waals surface area contributed by atoms with Gasteiger partial charge in [-0.2, -0.15) is 0 Å². The van der Waals surface area contributed by atoms with Crippen LogP contribution in [0.2, 0.25) is 0 Å². The van der Waals surface area contributed by atoms with Gasteiger partial charge in [0.1, 0.15) is 5.69 Å². The monoisotopic (exact) mass is 282 g/mol. The van der Waals surface area contributed by atoms with Crippen molar-refractivity contribution in [2.45, 2.75) is 26.8 Å². The highest BCUT2D eigenvalue weighted by Gasteiger charge is 2.19. The van der Waals surface area contributed by atoms with Crippen molar-refractivity contribution in [3.8, 4) is 0 Å². The first-order valence-corrected chi connectivity index (χ1v) is 6.76. The van der Waals surface area contributed by atoms with Crippen LogP contribution >= 0.6 is 0 Å². The summed E-state index contributed by atoms with van der Waals surface area (Å²) in [6.45, 7) is 5.90. The lowest BCUT2D eigenvalue weighted by atomic mass is 10.2. The maximum atomic E-state index is 12.1. The molecule has 1 heterocycles. The minimum atomic E-state index is -0.480. The van der Waals surface area contributed by atoms with Crippen LogP contribution in [0.5, 0.6) is 0 Å². The summed E-state index contributed by atoms with van der Waals surface area (Å²) in [6, 6.07) is 1.33. The van der Waals surface area contributed by atoms with E-state index in [1.54, 1.807) is 4.57 Å². The summed E-state index contributed by atoms with van der Waals surface area (Å²) in [4.78, 5) is 22.4. The summed E-state index contributed by atoms with van der Waals surface area (Å²) in [5, 5.41) is 16.6. The normalized spacial score (nSPS) is 12.2. The molecule has 0 spiro atoms. The molecular formula is C13H22N4O3. The Morgan fingerprint density at radius 3 is 2.75 bits per heavy atom. The quantitative estimate of drug-likeness (QED) is 0.557. The van der Waals surface area contributed by atoms with Crippen LogP contribution in [0.25, 0.3) is 0 Å². The Labute approximate surface area is 118 Å². The minimum Gasteiger partial charge on any atom is -0.350 e. The summed E-state index contributed by atoms with van der Waals surface area (Å²) >= 11 is 0. The maximum Gasteiger partial charge on any atom is 0.287 e. The molecule has 112 valence electrons. The van der Waals surface area contributed by atoms with Gasteiger partial charge in [0.05, 0.1) is 11.1 Å². The van der Waals surface area contributed by atoms with Crippen LogP contribution in [-0.2, 0) is 6.54 Å². The number of hydrogen-bond donors (Lipinski definition) is 2. The third kappa shape index (κ3) is 4.34. The van der Waals surface area contributed by atoms with Gasteiger partial charge in [0.15, 0.2) is 0 Å². The van der Waals surface area contributed by atoms with E-state index in [1.165, 1.54) is 12.3 Å². The molecule has 0 saturated carbocycles. The van der Waals surface area contributed by atoms with Crippen LogP contribution in [0.15, 0.2) is 12.3 Å². The number of hydrogen-bond acceptors (Lipinski definition) is 4. The molecule has 0 radical (unpaired) electrons. The highest BCUT2D eigenvalue weighted by Crippen LogP contribution is 2.17. The maximum absolute atomic E-state index is 12.1. The fourth-order valence-corrected chi connectivity index (χ4v) is 1.99. The fourth-order valence-electron chi connectivity index (χ4n) is 1.99. The number of nitrogens with one attached hydrogen (secondary N) is 2. The molecule has 1 atom stereocenters. The van der Waals surface area contributed by atoms with Crippen molar-refractivity contribution in [1.82, 2.24) is 15.2 Å². The number of nitrogens with zero attached hydrogens (tertiary/aromatic N) is 2. The van der Waals surface area contributed by atoms with Gasteiger partial charge in [-0.25, -0.2) is 0 Å². The number of carbonyl (C=O) groups is 1. The van der Waals surface area contributed by atoms with Crippen LogP contribution in [0.4, 0.5) is 5.69 Å². The molecule has 0 aliphatic heterocycles. The third-order valence-electron chi connectivity index (χ3n) is 2.95. The number of aryl methyl sites for hydroxylation is 1. The van der Waals surface area contributed by atoms with E-state index in [-0.39, 0.29) is 11.6 Å². The SMILES string of the molecule is CCCn1cc([N+](=O)[O-])cc1C(=O)NCC(C)CNC. The lowest BCUT2D eigenvalue weighted by molar-refractivity contribution is -0.384. The molecule has 1 aromatic rings. The number of aromatic nitrogens is 1. The Morgan fingerprint density at radius 1 is 1.50 bits per heavy atom. The Morgan fingerprint density at radius 2 is 2.20 bits per heavy atom. The number of amides is 1. The third-order valence-corrected chi connectivity index (χ3v) is 2.95. The Bertz CT molecular complexity index is 470. The summed E-state index contributed by atoms with van der Waals surface area (Å²) in [6.07, 6.45) is 2.22. The standard InChI is InChI=1S/C13H22N4O3/c1-4-5-16-9-11(17(19)20)6-12(16)13(18)15-8-10(2)7-14-3/h6,9-10,14H,4-5,7-8H2,1-3H3,(H,15,18). The van der Waals surface area contributed by atoms with E-state index in [0.29, 0.717) is 24.7 Å². The van der Waals surface area contributed by atoms with Gasteiger partial charge in [0.25, 0.3) is 11.6 Å². The van der Waals surface area contributed by atoms with Gasteiger partial charge < -0.3 is 15.2 Å². The largest absolute Gasteiger partial charge is 0.350 e. The molecule has 2 N–H and O–H groups in total. The second-order valence-electron chi connectivity index (χ2n) is 4.91. The lowest BCUT2D eigenvalue weighted by Crippen LogP contribution is -2.33. The van der Waals surface area contributed by atoms with Crippen molar-refractivity contribution >= 4 is 11.6 Å². The van der Waals surface area contributed by atoms with E-state index in [9.17, 15) is 14.9 Å². The van der Waals surface area contributed by atoms with Gasteiger partial charge in [-0.1, -0.05) is 13.8 Å². The average Bonchev–Trinajstić information content (AvgIpc) is 2.81. The molecule has 0 saturated heterocycles. The van der Waals surface area contributed by atoms with Gasteiger partial charge in [0.2, 0.25) is 0 Å². The first-order chi connectivity index (χ1) is 9.49. The molecule has 0 aliphatic carbocycles. The van der Waals surface area contributed by atoms with Crippen molar-refractivity contribution in [3.05, 3.63) is 28.1 Å². The molecule has 1 rings (SSSR count). The molecular weight excluding hydrogens is 260 g/mol. The number of carbonyl (C=O) groups excluding carboxylic acids is 1. The van der Waals surface area contributed by atoms with E-state index < -0.39 is 4.92 Å². The summed E-state index contributed by atoms with van der Waals surface area (Å²) in [5.41, 5.74) is 0.294. The molecule has 7 heteroatoms. The first kappa shape index (κ1) is 16.2. The minimum absolute atomic E-state index is 0.0492. The molecule has 0 fully saturated rings. The average molecular weight is 282 g/mol. The van der Waals surface area contributed by atoms with E-state index >= 15 is 0 Å². The van der Waals surface area contributed by atoms with Crippen LogP contribution < -0.4 is 10.6 Å². The van der Waals surface area contributed by atoms with Crippen LogP contribution in [-0.4, -0.2) is 35.5 Å². The topological polar surface area (TPSA) is 89.2 Å². The van der Waals surface area contributed by atoms with Crippen molar-refractivity contribution in [3.63, 3.8) is 0 Å². The fraction of sp³-hybridized carbons (Fsp3) is 0.615. The van der Waals surface area contributed by atoms with Crippen molar-refractivity contribution in [1.29, 1.82) is 0 Å². The Hall–Kier alpha value is -1.89. The zero-order valence-corrected chi connectivity index (χ0v) is 12.2. The Balaban J connectivity index is 2.77. The number of rotatable bonds is 8. The lowest BCUT2D eigenvalue weighted by Gasteiger charge is -2.12. The van der Waals surface area contributed by atoms with Gasteiger partial charge in [-0.05, 0) is 25.9 Å². The van der Waals surface area contributed by atoms with E-state index in [2.05, 4.69) is 10.6 Å². The molecule has 0 aromatic carbocycles. The summed E-state index contributed by atoms with van der Waals surface area (Å²) < 4.78 is 1.64. The van der Waals surface area contributed by atoms with Crippen molar-refractivity contribution in [2.75, 3.05) is 20.1 Å². The van der Waals surface area contributed by atoms with Crippen molar-refractivity contribution < 1.29 is 9.72 Å². The van der Waals surface area contributed by atoms with Gasteiger partial charge in [-0.15, -0.1) is 0 Å². The molecule has 0 bridgehead atoms. The molecule has 1 aromatic heterocycles. The van der Waals surface area contributed by atoms with E-state index in [1.807, 2.05) is 20.9 Å². The predicted molar refractivity (Wildman–Crippen MR) is 76.8 cm³/mol. The second-order valence-corrected chi connectivity index (χ2v) is 4.91. The molecule has 20 heavy (non-hydrogen) atoms. The number of nitro groups is 1. The summed E-state index contributed by atoms with van der Waals surface area (Å²) in [5.74, 6) is 0.0306. The zero-order valence-electron chi connectivity index (χ0n) is 12.2. The van der Waals surface area contributed by atoms with Gasteiger partial charge in [0, 0.05) is 19.2 Å². The van der Waals surface area contributed by atoms with Gasteiger partial charge in [-0.3, -0.25) is 14.9 Å². The predicted octanol–water partition coefficient (Wildman–Crippen LogP) is 1.39.